The summed E-state index contributed by atoms with van der Waals surface area (Å²) in [4.78, 5) is 16.6. The Morgan fingerprint density at radius 3 is 2.61 bits per heavy atom. The summed E-state index contributed by atoms with van der Waals surface area (Å²) in [6.07, 6.45) is 1.17. The Labute approximate surface area is 113 Å². The predicted octanol–water partition coefficient (Wildman–Crippen LogP) is 2.51. The molecule has 18 heavy (non-hydrogen) atoms. The zero-order valence-corrected chi connectivity index (χ0v) is 11.5. The lowest BCUT2D eigenvalue weighted by Crippen LogP contribution is -2.48. The van der Waals surface area contributed by atoms with Gasteiger partial charge in [0.1, 0.15) is 0 Å². The molecule has 0 radical (unpaired) electrons. The summed E-state index contributed by atoms with van der Waals surface area (Å²) in [6, 6.07) is 7.18. The molecular weight excluding hydrogens is 248 g/mol. The van der Waals surface area contributed by atoms with Gasteiger partial charge < -0.3 is 4.90 Å². The van der Waals surface area contributed by atoms with Crippen LogP contribution >= 0.6 is 11.6 Å². The number of piperazine rings is 1. The summed E-state index contributed by atoms with van der Waals surface area (Å²) < 4.78 is 0. The number of carbonyl (C=O) groups is 1. The zero-order valence-electron chi connectivity index (χ0n) is 10.7. The van der Waals surface area contributed by atoms with Crippen molar-refractivity contribution in [2.24, 2.45) is 0 Å². The lowest BCUT2D eigenvalue weighted by atomic mass is 10.2. The summed E-state index contributed by atoms with van der Waals surface area (Å²) in [5, 5.41) is 0.616. The molecule has 2 rings (SSSR count). The second-order valence-electron chi connectivity index (χ2n) is 4.64. The van der Waals surface area contributed by atoms with Gasteiger partial charge in [-0.3, -0.25) is 9.69 Å². The number of benzene rings is 1. The van der Waals surface area contributed by atoms with Crippen LogP contribution in [0.4, 0.5) is 0 Å². The van der Waals surface area contributed by atoms with Crippen molar-refractivity contribution in [3.8, 4) is 0 Å². The van der Waals surface area contributed by atoms with E-state index in [1.165, 1.54) is 6.42 Å². The first-order valence-corrected chi connectivity index (χ1v) is 6.85. The van der Waals surface area contributed by atoms with Gasteiger partial charge in [-0.25, -0.2) is 0 Å². The van der Waals surface area contributed by atoms with E-state index in [0.29, 0.717) is 10.6 Å². The largest absolute Gasteiger partial charge is 0.336 e. The van der Waals surface area contributed by atoms with E-state index in [4.69, 9.17) is 11.6 Å². The van der Waals surface area contributed by atoms with Gasteiger partial charge in [0.2, 0.25) is 0 Å². The third-order valence-corrected chi connectivity index (χ3v) is 3.51. The first-order chi connectivity index (χ1) is 8.70. The molecule has 1 aliphatic heterocycles. The van der Waals surface area contributed by atoms with Gasteiger partial charge >= 0.3 is 0 Å². The Morgan fingerprint density at radius 2 is 2.00 bits per heavy atom. The average Bonchev–Trinajstić information content (AvgIpc) is 2.39. The van der Waals surface area contributed by atoms with Gasteiger partial charge in [0.25, 0.3) is 5.91 Å². The number of hydrogen-bond acceptors (Lipinski definition) is 2. The second-order valence-corrected chi connectivity index (χ2v) is 5.08. The molecule has 1 amide bonds. The van der Waals surface area contributed by atoms with Gasteiger partial charge in [0, 0.05) is 36.8 Å². The summed E-state index contributed by atoms with van der Waals surface area (Å²) >= 11 is 5.91. The van der Waals surface area contributed by atoms with Crippen LogP contribution in [0.1, 0.15) is 23.7 Å². The van der Waals surface area contributed by atoms with E-state index in [9.17, 15) is 4.79 Å². The number of nitrogens with zero attached hydrogens (tertiary/aromatic N) is 2. The van der Waals surface area contributed by atoms with E-state index in [-0.39, 0.29) is 5.91 Å². The Bertz CT molecular complexity index is 414. The predicted molar refractivity (Wildman–Crippen MR) is 74.1 cm³/mol. The molecule has 0 aliphatic carbocycles. The lowest BCUT2D eigenvalue weighted by molar-refractivity contribution is 0.0637. The lowest BCUT2D eigenvalue weighted by Gasteiger charge is -2.34. The molecule has 0 bridgehead atoms. The topological polar surface area (TPSA) is 23.6 Å². The van der Waals surface area contributed by atoms with Crippen LogP contribution in [0, 0.1) is 0 Å². The van der Waals surface area contributed by atoms with Crippen molar-refractivity contribution in [2.45, 2.75) is 13.3 Å². The minimum absolute atomic E-state index is 0.0913. The molecule has 3 nitrogen and oxygen atoms in total. The quantitative estimate of drug-likeness (QED) is 0.839. The molecule has 1 aromatic carbocycles. The molecule has 1 fully saturated rings. The molecule has 4 heteroatoms. The van der Waals surface area contributed by atoms with Crippen molar-refractivity contribution in [3.05, 3.63) is 34.9 Å². The fourth-order valence-corrected chi connectivity index (χ4v) is 2.49. The minimum Gasteiger partial charge on any atom is -0.336 e. The van der Waals surface area contributed by atoms with E-state index in [1.807, 2.05) is 17.0 Å². The van der Waals surface area contributed by atoms with E-state index >= 15 is 0 Å². The first-order valence-electron chi connectivity index (χ1n) is 6.48. The summed E-state index contributed by atoms with van der Waals surface area (Å²) in [6.45, 7) is 6.87. The van der Waals surface area contributed by atoms with Crippen molar-refractivity contribution >= 4 is 17.5 Å². The zero-order chi connectivity index (χ0) is 13.0. The van der Waals surface area contributed by atoms with E-state index in [0.717, 1.165) is 32.7 Å². The number of amides is 1. The normalized spacial score (nSPS) is 16.9. The second kappa shape index (κ2) is 6.21. The highest BCUT2D eigenvalue weighted by Gasteiger charge is 2.21. The molecular formula is C14H19ClN2O. The highest BCUT2D eigenvalue weighted by atomic mass is 35.5. The third-order valence-electron chi connectivity index (χ3n) is 3.27. The highest BCUT2D eigenvalue weighted by molar-refractivity contribution is 6.30. The fraction of sp³-hybridized carbons (Fsp3) is 0.500. The molecule has 1 heterocycles. The number of hydrogen-bond donors (Lipinski definition) is 0. The van der Waals surface area contributed by atoms with Crippen molar-refractivity contribution in [1.82, 2.24) is 9.80 Å². The third kappa shape index (κ3) is 3.24. The average molecular weight is 267 g/mol. The van der Waals surface area contributed by atoms with E-state index < -0.39 is 0 Å². The van der Waals surface area contributed by atoms with Crippen molar-refractivity contribution < 1.29 is 4.79 Å². The Morgan fingerprint density at radius 1 is 1.28 bits per heavy atom. The van der Waals surface area contributed by atoms with Gasteiger partial charge in [-0.2, -0.15) is 0 Å². The van der Waals surface area contributed by atoms with Crippen LogP contribution < -0.4 is 0 Å². The van der Waals surface area contributed by atoms with Crippen LogP contribution in [0.5, 0.6) is 0 Å². The monoisotopic (exact) mass is 266 g/mol. The molecule has 1 aliphatic rings. The van der Waals surface area contributed by atoms with Gasteiger partial charge in [0.05, 0.1) is 0 Å². The summed E-state index contributed by atoms with van der Waals surface area (Å²) in [7, 11) is 0. The Hall–Kier alpha value is -1.06. The molecule has 0 spiro atoms. The van der Waals surface area contributed by atoms with Crippen LogP contribution in [-0.2, 0) is 0 Å². The molecule has 0 aromatic heterocycles. The summed E-state index contributed by atoms with van der Waals surface area (Å²) in [5.41, 5.74) is 0.687. The Balaban J connectivity index is 1.95. The van der Waals surface area contributed by atoms with Gasteiger partial charge in [-0.05, 0) is 31.2 Å². The molecule has 1 aromatic rings. The van der Waals surface area contributed by atoms with Crippen LogP contribution in [0.15, 0.2) is 24.3 Å². The maximum atomic E-state index is 12.3. The highest BCUT2D eigenvalue weighted by Crippen LogP contribution is 2.14. The van der Waals surface area contributed by atoms with Crippen molar-refractivity contribution in [2.75, 3.05) is 32.7 Å². The Kier molecular flexibility index (Phi) is 4.61. The van der Waals surface area contributed by atoms with Crippen LogP contribution in [-0.4, -0.2) is 48.4 Å². The van der Waals surface area contributed by atoms with E-state index in [2.05, 4.69) is 11.8 Å². The van der Waals surface area contributed by atoms with Crippen LogP contribution in [0.25, 0.3) is 0 Å². The number of carbonyl (C=O) groups excluding carboxylic acids is 1. The van der Waals surface area contributed by atoms with Crippen molar-refractivity contribution in [1.29, 1.82) is 0 Å². The molecule has 0 atom stereocenters. The SMILES string of the molecule is CCCN1CCN(C(=O)c2cccc(Cl)c2)CC1. The molecule has 1 saturated heterocycles. The molecule has 98 valence electrons. The van der Waals surface area contributed by atoms with Gasteiger partial charge in [0.15, 0.2) is 0 Å². The fourth-order valence-electron chi connectivity index (χ4n) is 2.29. The van der Waals surface area contributed by atoms with Gasteiger partial charge in [-0.1, -0.05) is 24.6 Å². The molecule has 0 N–H and O–H groups in total. The number of rotatable bonds is 3. The minimum atomic E-state index is 0.0913. The summed E-state index contributed by atoms with van der Waals surface area (Å²) in [5.74, 6) is 0.0913. The number of halogens is 1. The maximum absolute atomic E-state index is 12.3. The molecule has 0 saturated carbocycles. The standard InChI is InChI=1S/C14H19ClN2O/c1-2-6-16-7-9-17(10-8-16)14(18)12-4-3-5-13(15)11-12/h3-5,11H,2,6-10H2,1H3. The van der Waals surface area contributed by atoms with E-state index in [1.54, 1.807) is 12.1 Å². The molecule has 0 unspecified atom stereocenters. The van der Waals surface area contributed by atoms with Crippen LogP contribution in [0.2, 0.25) is 5.02 Å². The van der Waals surface area contributed by atoms with Crippen LogP contribution in [0.3, 0.4) is 0 Å². The first kappa shape index (κ1) is 13.4. The van der Waals surface area contributed by atoms with Crippen molar-refractivity contribution in [3.63, 3.8) is 0 Å². The maximum Gasteiger partial charge on any atom is 0.253 e. The van der Waals surface area contributed by atoms with Gasteiger partial charge in [-0.15, -0.1) is 0 Å². The smallest absolute Gasteiger partial charge is 0.253 e.